The number of halogens is 2. The highest BCUT2D eigenvalue weighted by molar-refractivity contribution is 9.11. The van der Waals surface area contributed by atoms with Gasteiger partial charge in [-0.25, -0.2) is 0 Å². The Morgan fingerprint density at radius 3 is 3.00 bits per heavy atom. The van der Waals surface area contributed by atoms with Gasteiger partial charge in [0, 0.05) is 33.3 Å². The summed E-state index contributed by atoms with van der Waals surface area (Å²) >= 11 is 9.23. The van der Waals surface area contributed by atoms with Crippen LogP contribution in [0.25, 0.3) is 10.9 Å². The van der Waals surface area contributed by atoms with Crippen LogP contribution in [0.4, 0.5) is 5.69 Å². The lowest BCUT2D eigenvalue weighted by molar-refractivity contribution is 1.32. The summed E-state index contributed by atoms with van der Waals surface area (Å²) in [4.78, 5) is 4.27. The third-order valence-electron chi connectivity index (χ3n) is 2.18. The first-order chi connectivity index (χ1) is 7.66. The molecule has 0 amide bonds. The molecule has 82 valence electrons. The van der Waals surface area contributed by atoms with Gasteiger partial charge in [-0.3, -0.25) is 4.98 Å². The van der Waals surface area contributed by atoms with Crippen molar-refractivity contribution in [1.82, 2.24) is 4.98 Å². The van der Waals surface area contributed by atoms with Gasteiger partial charge in [-0.05, 0) is 24.3 Å². The second-order valence-electron chi connectivity index (χ2n) is 3.39. The molecule has 0 radical (unpaired) electrons. The van der Waals surface area contributed by atoms with Gasteiger partial charge in [0.1, 0.15) is 0 Å². The Morgan fingerprint density at radius 2 is 2.25 bits per heavy atom. The number of hydrogen-bond donors (Lipinski definition) is 1. The number of nitrogens with one attached hydrogen (secondary N) is 1. The fourth-order valence-electron chi connectivity index (χ4n) is 1.47. The lowest BCUT2D eigenvalue weighted by Crippen LogP contribution is -2.01. The molecule has 0 saturated carbocycles. The highest BCUT2D eigenvalue weighted by atomic mass is 79.9. The number of fused-ring (bicyclic) bond motifs is 1. The first kappa shape index (κ1) is 11.4. The van der Waals surface area contributed by atoms with Gasteiger partial charge in [-0.15, -0.1) is 0 Å². The molecule has 0 aliphatic rings. The molecular weight excluding hydrogens is 288 g/mol. The van der Waals surface area contributed by atoms with Gasteiger partial charge in [0.2, 0.25) is 0 Å². The van der Waals surface area contributed by atoms with Crippen LogP contribution in [0.2, 0.25) is 5.02 Å². The molecule has 4 heteroatoms. The fourth-order valence-corrected chi connectivity index (χ4v) is 1.77. The average Bonchev–Trinajstić information content (AvgIpc) is 2.25. The van der Waals surface area contributed by atoms with Crippen LogP contribution in [0.1, 0.15) is 0 Å². The largest absolute Gasteiger partial charge is 0.380 e. The molecule has 1 aromatic carbocycles. The lowest BCUT2D eigenvalue weighted by atomic mass is 10.2. The van der Waals surface area contributed by atoms with Crippen molar-refractivity contribution in [2.75, 3.05) is 11.9 Å². The minimum atomic E-state index is 0.682. The summed E-state index contributed by atoms with van der Waals surface area (Å²) in [7, 11) is 0. The van der Waals surface area contributed by atoms with Crippen molar-refractivity contribution < 1.29 is 0 Å². The van der Waals surface area contributed by atoms with E-state index in [-0.39, 0.29) is 0 Å². The number of anilines is 1. The van der Waals surface area contributed by atoms with E-state index < -0.39 is 0 Å². The van der Waals surface area contributed by atoms with Crippen LogP contribution in [0.5, 0.6) is 0 Å². The van der Waals surface area contributed by atoms with Crippen molar-refractivity contribution in [2.45, 2.75) is 0 Å². The van der Waals surface area contributed by atoms with Crippen LogP contribution in [0.3, 0.4) is 0 Å². The van der Waals surface area contributed by atoms with Crippen molar-refractivity contribution >= 4 is 44.1 Å². The number of rotatable bonds is 3. The molecule has 0 atom stereocenters. The summed E-state index contributed by atoms with van der Waals surface area (Å²) < 4.78 is 0.909. The highest BCUT2D eigenvalue weighted by Gasteiger charge is 2.01. The van der Waals surface area contributed by atoms with E-state index in [0.29, 0.717) is 11.6 Å². The second kappa shape index (κ2) is 4.85. The minimum absolute atomic E-state index is 0.682. The Balaban J connectivity index is 2.41. The molecule has 1 heterocycles. The zero-order valence-electron chi connectivity index (χ0n) is 8.50. The molecule has 0 aliphatic carbocycles. The minimum Gasteiger partial charge on any atom is -0.380 e. The van der Waals surface area contributed by atoms with Crippen molar-refractivity contribution in [2.24, 2.45) is 0 Å². The molecule has 1 N–H and O–H groups in total. The molecule has 0 spiro atoms. The summed E-state index contributed by atoms with van der Waals surface area (Å²) in [6.07, 6.45) is 1.76. The molecular formula is C12H10BrClN2. The van der Waals surface area contributed by atoms with E-state index in [0.717, 1.165) is 21.1 Å². The van der Waals surface area contributed by atoms with E-state index in [2.05, 4.69) is 32.8 Å². The van der Waals surface area contributed by atoms with Crippen molar-refractivity contribution in [1.29, 1.82) is 0 Å². The summed E-state index contributed by atoms with van der Waals surface area (Å²) in [5, 5.41) is 5.03. The zero-order chi connectivity index (χ0) is 11.5. The number of nitrogens with zero attached hydrogens (tertiary/aromatic N) is 1. The smallest absolute Gasteiger partial charge is 0.0737 e. The molecule has 1 aromatic heterocycles. The molecule has 0 aliphatic heterocycles. The van der Waals surface area contributed by atoms with E-state index >= 15 is 0 Å². The highest BCUT2D eigenvalue weighted by Crippen LogP contribution is 2.24. The van der Waals surface area contributed by atoms with Gasteiger partial charge in [0.05, 0.1) is 5.52 Å². The van der Waals surface area contributed by atoms with Gasteiger partial charge >= 0.3 is 0 Å². The quantitative estimate of drug-likeness (QED) is 0.918. The van der Waals surface area contributed by atoms with E-state index in [1.807, 2.05) is 24.3 Å². The average molecular weight is 298 g/mol. The number of benzene rings is 1. The maximum atomic E-state index is 5.92. The van der Waals surface area contributed by atoms with Crippen molar-refractivity contribution in [3.05, 3.63) is 46.5 Å². The van der Waals surface area contributed by atoms with Crippen LogP contribution in [-0.4, -0.2) is 11.5 Å². The maximum absolute atomic E-state index is 5.92. The fraction of sp³-hybridized carbons (Fsp3) is 0.0833. The Labute approximate surface area is 107 Å². The van der Waals surface area contributed by atoms with Gasteiger partial charge < -0.3 is 5.32 Å². The lowest BCUT2D eigenvalue weighted by Gasteiger charge is -2.08. The number of pyridine rings is 1. The van der Waals surface area contributed by atoms with E-state index in [1.54, 1.807) is 6.20 Å². The van der Waals surface area contributed by atoms with E-state index in [9.17, 15) is 0 Å². The summed E-state index contributed by atoms with van der Waals surface area (Å²) in [6, 6.07) is 7.61. The van der Waals surface area contributed by atoms with E-state index in [4.69, 9.17) is 11.6 Å². The zero-order valence-corrected chi connectivity index (χ0v) is 10.8. The number of hydrogen-bond acceptors (Lipinski definition) is 2. The van der Waals surface area contributed by atoms with Gasteiger partial charge in [-0.1, -0.05) is 34.1 Å². The summed E-state index contributed by atoms with van der Waals surface area (Å²) in [6.45, 7) is 4.46. The molecule has 2 rings (SSSR count). The van der Waals surface area contributed by atoms with Gasteiger partial charge in [0.15, 0.2) is 0 Å². The molecule has 2 nitrogen and oxygen atoms in total. The molecule has 0 unspecified atom stereocenters. The van der Waals surface area contributed by atoms with Crippen LogP contribution < -0.4 is 5.32 Å². The summed E-state index contributed by atoms with van der Waals surface area (Å²) in [5.74, 6) is 0. The standard InChI is InChI=1S/C12H10BrClN2/c1-8(13)7-16-11-4-5-15-12-6-9(14)2-3-10(11)12/h2-6H,1,7H2,(H,15,16). The first-order valence-corrected chi connectivity index (χ1v) is 5.95. The van der Waals surface area contributed by atoms with Crippen LogP contribution in [0, 0.1) is 0 Å². The van der Waals surface area contributed by atoms with Crippen LogP contribution in [0.15, 0.2) is 41.5 Å². The summed E-state index contributed by atoms with van der Waals surface area (Å²) in [5.41, 5.74) is 1.92. The van der Waals surface area contributed by atoms with Crippen molar-refractivity contribution in [3.63, 3.8) is 0 Å². The SMILES string of the molecule is C=C(Br)CNc1ccnc2cc(Cl)ccc12. The predicted octanol–water partition coefficient (Wildman–Crippen LogP) is 4.21. The molecule has 16 heavy (non-hydrogen) atoms. The molecule has 0 saturated heterocycles. The predicted molar refractivity (Wildman–Crippen MR) is 73.3 cm³/mol. The van der Waals surface area contributed by atoms with Gasteiger partial charge in [-0.2, -0.15) is 0 Å². The first-order valence-electron chi connectivity index (χ1n) is 4.78. The Bertz CT molecular complexity index is 540. The normalized spacial score (nSPS) is 10.4. The third-order valence-corrected chi connectivity index (χ3v) is 2.69. The molecule has 0 bridgehead atoms. The van der Waals surface area contributed by atoms with E-state index in [1.165, 1.54) is 0 Å². The second-order valence-corrected chi connectivity index (χ2v) is 4.95. The van der Waals surface area contributed by atoms with Crippen LogP contribution >= 0.6 is 27.5 Å². The molecule has 0 fully saturated rings. The van der Waals surface area contributed by atoms with Crippen molar-refractivity contribution in [3.8, 4) is 0 Å². The monoisotopic (exact) mass is 296 g/mol. The Hall–Kier alpha value is -1.06. The Morgan fingerprint density at radius 1 is 1.44 bits per heavy atom. The third kappa shape index (κ3) is 2.54. The number of aromatic nitrogens is 1. The topological polar surface area (TPSA) is 24.9 Å². The van der Waals surface area contributed by atoms with Gasteiger partial charge in [0.25, 0.3) is 0 Å². The molecule has 2 aromatic rings. The van der Waals surface area contributed by atoms with Crippen LogP contribution in [-0.2, 0) is 0 Å². The maximum Gasteiger partial charge on any atom is 0.0737 e. The Kier molecular flexibility index (Phi) is 3.46.